The van der Waals surface area contributed by atoms with Crippen molar-refractivity contribution in [3.05, 3.63) is 107 Å². The maximum absolute atomic E-state index is 13.0. The topological polar surface area (TPSA) is 117 Å². The molecule has 3 heterocycles. The molecule has 1 aliphatic rings. The van der Waals surface area contributed by atoms with E-state index in [0.717, 1.165) is 33.4 Å². The van der Waals surface area contributed by atoms with E-state index in [1.807, 2.05) is 37.3 Å². The number of anilines is 3. The third-order valence-corrected chi connectivity index (χ3v) is 7.49. The van der Waals surface area contributed by atoms with E-state index in [0.29, 0.717) is 22.9 Å². The smallest absolute Gasteiger partial charge is 0.255 e. The second-order valence-electron chi connectivity index (χ2n) is 8.58. The maximum atomic E-state index is 13.0. The molecule has 0 bridgehead atoms. The van der Waals surface area contributed by atoms with Crippen LogP contribution in [0.15, 0.2) is 85.2 Å². The minimum absolute atomic E-state index is 0.240. The SMILES string of the molecule is C=CS(=O)(=O)N1Cc2ccc(NC(=O)c3ccc(C)c(Nc4nccc(-c5cccnc5)n4)c3)cc2C1. The summed E-state index contributed by atoms with van der Waals surface area (Å²) in [6.07, 6.45) is 5.10. The Labute approximate surface area is 215 Å². The van der Waals surface area contributed by atoms with Crippen LogP contribution in [0.1, 0.15) is 27.0 Å². The Morgan fingerprint density at radius 3 is 2.68 bits per heavy atom. The lowest BCUT2D eigenvalue weighted by Crippen LogP contribution is -2.22. The predicted octanol–water partition coefficient (Wildman–Crippen LogP) is 4.63. The summed E-state index contributed by atoms with van der Waals surface area (Å²) in [6.45, 7) is 5.84. The lowest BCUT2D eigenvalue weighted by Gasteiger charge is -2.12. The van der Waals surface area contributed by atoms with Crippen LogP contribution in [0, 0.1) is 6.92 Å². The first-order chi connectivity index (χ1) is 17.8. The number of aryl methyl sites for hydroxylation is 1. The highest BCUT2D eigenvalue weighted by Gasteiger charge is 2.27. The summed E-state index contributed by atoms with van der Waals surface area (Å²) in [5.74, 6) is 0.112. The normalized spacial score (nSPS) is 13.1. The second kappa shape index (κ2) is 9.92. The van der Waals surface area contributed by atoms with Crippen LogP contribution in [0.4, 0.5) is 17.3 Å². The molecule has 186 valence electrons. The van der Waals surface area contributed by atoms with Crippen molar-refractivity contribution < 1.29 is 13.2 Å². The molecule has 1 amide bonds. The monoisotopic (exact) mass is 512 g/mol. The van der Waals surface area contributed by atoms with Gasteiger partial charge in [-0.1, -0.05) is 18.7 Å². The summed E-state index contributed by atoms with van der Waals surface area (Å²) in [5.41, 5.74) is 6.02. The summed E-state index contributed by atoms with van der Waals surface area (Å²) in [4.78, 5) is 26.1. The van der Waals surface area contributed by atoms with Gasteiger partial charge < -0.3 is 10.6 Å². The third kappa shape index (κ3) is 5.25. The number of hydrogen-bond acceptors (Lipinski definition) is 7. The van der Waals surface area contributed by atoms with Crippen molar-refractivity contribution in [2.75, 3.05) is 10.6 Å². The number of aromatic nitrogens is 3. The molecule has 9 nitrogen and oxygen atoms in total. The van der Waals surface area contributed by atoms with E-state index in [4.69, 9.17) is 0 Å². The third-order valence-electron chi connectivity index (χ3n) is 6.09. The minimum atomic E-state index is -3.51. The van der Waals surface area contributed by atoms with Gasteiger partial charge in [-0.05, 0) is 66.1 Å². The van der Waals surface area contributed by atoms with Crippen molar-refractivity contribution in [1.29, 1.82) is 0 Å². The van der Waals surface area contributed by atoms with E-state index in [9.17, 15) is 13.2 Å². The van der Waals surface area contributed by atoms with Crippen LogP contribution in [0.25, 0.3) is 11.3 Å². The molecular weight excluding hydrogens is 488 g/mol. The summed E-state index contributed by atoms with van der Waals surface area (Å²) < 4.78 is 25.6. The van der Waals surface area contributed by atoms with Crippen LogP contribution in [-0.2, 0) is 23.1 Å². The second-order valence-corrected chi connectivity index (χ2v) is 10.5. The number of amides is 1. The fraction of sp³-hybridized carbons (Fsp3) is 0.111. The quantitative estimate of drug-likeness (QED) is 0.371. The highest BCUT2D eigenvalue weighted by atomic mass is 32.2. The lowest BCUT2D eigenvalue weighted by molar-refractivity contribution is 0.102. The van der Waals surface area contributed by atoms with Crippen LogP contribution < -0.4 is 10.6 Å². The van der Waals surface area contributed by atoms with Crippen LogP contribution >= 0.6 is 0 Å². The zero-order chi connectivity index (χ0) is 26.0. The van der Waals surface area contributed by atoms with Crippen LogP contribution in [0.2, 0.25) is 0 Å². The number of nitrogens with one attached hydrogen (secondary N) is 2. The standard InChI is InChI=1S/C27H24N6O3S/c1-3-37(35,36)33-16-21-8-9-23(13-22(21)17-33)30-26(34)19-7-6-18(2)25(14-19)32-27-29-12-10-24(31-27)20-5-4-11-28-15-20/h3-15H,1,16-17H2,2H3,(H,30,34)(H,29,31,32). The Hall–Kier alpha value is -4.41. The van der Waals surface area contributed by atoms with Crippen LogP contribution in [-0.4, -0.2) is 33.6 Å². The Morgan fingerprint density at radius 1 is 1.05 bits per heavy atom. The van der Waals surface area contributed by atoms with E-state index in [1.54, 1.807) is 42.9 Å². The zero-order valence-electron chi connectivity index (χ0n) is 20.0. The van der Waals surface area contributed by atoms with Crippen molar-refractivity contribution in [2.45, 2.75) is 20.0 Å². The van der Waals surface area contributed by atoms with Crippen LogP contribution in [0.5, 0.6) is 0 Å². The number of benzene rings is 2. The van der Waals surface area contributed by atoms with Crippen molar-refractivity contribution in [1.82, 2.24) is 19.3 Å². The molecule has 0 atom stereocenters. The summed E-state index contributed by atoms with van der Waals surface area (Å²) in [7, 11) is -3.51. The van der Waals surface area contributed by atoms with Crippen molar-refractivity contribution >= 4 is 33.3 Å². The number of carbonyl (C=O) groups is 1. The van der Waals surface area contributed by atoms with Gasteiger partial charge in [-0.15, -0.1) is 0 Å². The minimum Gasteiger partial charge on any atom is -0.324 e. The first kappa shape index (κ1) is 24.3. The van der Waals surface area contributed by atoms with E-state index in [2.05, 4.69) is 32.2 Å². The average Bonchev–Trinajstić information content (AvgIpc) is 3.35. The molecule has 0 saturated carbocycles. The number of hydrogen-bond donors (Lipinski definition) is 2. The molecule has 5 rings (SSSR count). The molecule has 4 aromatic rings. The fourth-order valence-electron chi connectivity index (χ4n) is 4.04. The van der Waals surface area contributed by atoms with E-state index in [1.165, 1.54) is 4.31 Å². The Kier molecular flexibility index (Phi) is 6.51. The molecule has 0 fully saturated rings. The molecule has 37 heavy (non-hydrogen) atoms. The van der Waals surface area contributed by atoms with Crippen molar-refractivity contribution in [3.63, 3.8) is 0 Å². The molecule has 0 saturated heterocycles. The van der Waals surface area contributed by atoms with Gasteiger partial charge in [0.2, 0.25) is 16.0 Å². The van der Waals surface area contributed by atoms with E-state index in [-0.39, 0.29) is 19.0 Å². The molecule has 1 aliphatic heterocycles. The molecule has 2 aromatic carbocycles. The average molecular weight is 513 g/mol. The van der Waals surface area contributed by atoms with Gasteiger partial charge in [0.1, 0.15) is 0 Å². The molecule has 0 unspecified atom stereocenters. The van der Waals surface area contributed by atoms with Gasteiger partial charge in [-0.25, -0.2) is 18.4 Å². The van der Waals surface area contributed by atoms with Gasteiger partial charge in [0.15, 0.2) is 0 Å². The maximum Gasteiger partial charge on any atom is 0.255 e. The summed E-state index contributed by atoms with van der Waals surface area (Å²) in [6, 6.07) is 16.3. The number of fused-ring (bicyclic) bond motifs is 1. The number of rotatable bonds is 7. The highest BCUT2D eigenvalue weighted by molar-refractivity contribution is 7.91. The predicted molar refractivity (Wildman–Crippen MR) is 142 cm³/mol. The van der Waals surface area contributed by atoms with Gasteiger partial charge in [-0.3, -0.25) is 9.78 Å². The van der Waals surface area contributed by atoms with E-state index >= 15 is 0 Å². The van der Waals surface area contributed by atoms with Crippen molar-refractivity contribution in [2.24, 2.45) is 0 Å². The number of carbonyl (C=O) groups excluding carboxylic acids is 1. The van der Waals surface area contributed by atoms with Gasteiger partial charge in [0.05, 0.1) is 5.69 Å². The molecule has 10 heteroatoms. The number of pyridine rings is 1. The molecule has 2 N–H and O–H groups in total. The molecule has 2 aromatic heterocycles. The van der Waals surface area contributed by atoms with Gasteiger partial charge in [0.25, 0.3) is 5.91 Å². The van der Waals surface area contributed by atoms with Gasteiger partial charge in [-0.2, -0.15) is 4.31 Å². The highest BCUT2D eigenvalue weighted by Crippen LogP contribution is 2.29. The van der Waals surface area contributed by atoms with Crippen molar-refractivity contribution in [3.8, 4) is 11.3 Å². The Balaban J connectivity index is 1.32. The Bertz CT molecular complexity index is 1610. The largest absolute Gasteiger partial charge is 0.324 e. The summed E-state index contributed by atoms with van der Waals surface area (Å²) in [5, 5.41) is 7.06. The number of nitrogens with zero attached hydrogens (tertiary/aromatic N) is 4. The molecule has 0 aliphatic carbocycles. The zero-order valence-corrected chi connectivity index (χ0v) is 20.9. The fourth-order valence-corrected chi connectivity index (χ4v) is 4.89. The van der Waals surface area contributed by atoms with E-state index < -0.39 is 10.0 Å². The first-order valence-corrected chi connectivity index (χ1v) is 13.0. The summed E-state index contributed by atoms with van der Waals surface area (Å²) >= 11 is 0. The molecule has 0 radical (unpaired) electrons. The lowest BCUT2D eigenvalue weighted by atomic mass is 10.1. The Morgan fingerprint density at radius 2 is 1.89 bits per heavy atom. The van der Waals surface area contributed by atoms with Crippen LogP contribution in [0.3, 0.4) is 0 Å². The first-order valence-electron chi connectivity index (χ1n) is 11.5. The van der Waals surface area contributed by atoms with Gasteiger partial charge >= 0.3 is 0 Å². The number of sulfonamides is 1. The molecule has 0 spiro atoms. The molecular formula is C27H24N6O3S. The van der Waals surface area contributed by atoms with Gasteiger partial charge in [0, 0.05) is 59.6 Å².